The molecule has 4 nitrogen and oxygen atoms in total. The highest BCUT2D eigenvalue weighted by Gasteiger charge is 2.40. The number of hydrogen-bond donors (Lipinski definition) is 1. The second-order valence-corrected chi connectivity index (χ2v) is 7.88. The topological polar surface area (TPSA) is 33.1 Å². The van der Waals surface area contributed by atoms with Crippen LogP contribution in [0.1, 0.15) is 40.0 Å². The Morgan fingerprint density at radius 3 is 2.67 bits per heavy atom. The van der Waals surface area contributed by atoms with Gasteiger partial charge in [0.15, 0.2) is 0 Å². The molecule has 0 amide bonds. The van der Waals surface area contributed by atoms with E-state index in [4.69, 9.17) is 0 Å². The molecular weight excluding hydrogens is 260 g/mol. The second kappa shape index (κ2) is 6.09. The fourth-order valence-electron chi connectivity index (χ4n) is 3.48. The lowest BCUT2D eigenvalue weighted by molar-refractivity contribution is 0.0731. The molecule has 2 atom stereocenters. The van der Waals surface area contributed by atoms with Gasteiger partial charge in [-0.1, -0.05) is 20.8 Å². The summed E-state index contributed by atoms with van der Waals surface area (Å²) in [6, 6.07) is 1.38. The Kier molecular flexibility index (Phi) is 4.36. The van der Waals surface area contributed by atoms with E-state index in [1.54, 1.807) is 0 Å². The van der Waals surface area contributed by atoms with E-state index in [9.17, 15) is 0 Å². The van der Waals surface area contributed by atoms with Gasteiger partial charge in [-0.2, -0.15) is 0 Å². The number of aromatic nitrogens is 2. The average molecular weight is 290 g/mol. The van der Waals surface area contributed by atoms with Crippen LogP contribution in [0.3, 0.4) is 0 Å². The lowest BCUT2D eigenvalue weighted by Gasteiger charge is -2.45. The van der Waals surface area contributed by atoms with E-state index in [0.717, 1.165) is 18.5 Å². The fourth-order valence-corrected chi connectivity index (χ4v) is 3.48. The zero-order valence-electron chi connectivity index (χ0n) is 13.8. The van der Waals surface area contributed by atoms with Gasteiger partial charge in [0, 0.05) is 50.7 Å². The molecule has 2 fully saturated rings. The predicted octanol–water partition coefficient (Wildman–Crippen LogP) is 2.37. The third kappa shape index (κ3) is 3.86. The first-order valence-electron chi connectivity index (χ1n) is 8.47. The van der Waals surface area contributed by atoms with E-state index in [-0.39, 0.29) is 0 Å². The van der Waals surface area contributed by atoms with Crippen molar-refractivity contribution in [2.24, 2.45) is 11.3 Å². The maximum absolute atomic E-state index is 4.12. The van der Waals surface area contributed by atoms with Crippen LogP contribution in [0, 0.1) is 11.3 Å². The van der Waals surface area contributed by atoms with Crippen molar-refractivity contribution in [3.8, 4) is 0 Å². The molecule has 21 heavy (non-hydrogen) atoms. The van der Waals surface area contributed by atoms with Crippen molar-refractivity contribution in [3.63, 3.8) is 0 Å². The number of piperazine rings is 1. The first kappa shape index (κ1) is 15.0. The van der Waals surface area contributed by atoms with Crippen LogP contribution >= 0.6 is 0 Å². The summed E-state index contributed by atoms with van der Waals surface area (Å²) < 4.78 is 2.19. The van der Waals surface area contributed by atoms with Crippen LogP contribution in [0.2, 0.25) is 0 Å². The van der Waals surface area contributed by atoms with Crippen molar-refractivity contribution in [2.75, 3.05) is 19.6 Å². The Balaban J connectivity index is 1.55. The lowest BCUT2D eigenvalue weighted by atomic mass is 9.84. The molecule has 1 N–H and O–H groups in total. The van der Waals surface area contributed by atoms with Crippen molar-refractivity contribution in [1.29, 1.82) is 0 Å². The normalized spacial score (nSPS) is 28.0. The van der Waals surface area contributed by atoms with Gasteiger partial charge in [-0.05, 0) is 30.6 Å². The molecule has 118 valence electrons. The number of imidazole rings is 1. The maximum Gasteiger partial charge on any atom is 0.0945 e. The van der Waals surface area contributed by atoms with Crippen molar-refractivity contribution in [3.05, 3.63) is 18.7 Å². The smallest absolute Gasteiger partial charge is 0.0945 e. The predicted molar refractivity (Wildman–Crippen MR) is 86.2 cm³/mol. The standard InChI is InChI=1S/C17H30N4/c1-17(2,3)16-12-21(15(11-19-16)14-5-6-14)9-4-8-20-10-7-18-13-20/h7,10,13-16,19H,4-6,8-9,11-12H2,1-3H3. The van der Waals surface area contributed by atoms with E-state index < -0.39 is 0 Å². The molecule has 0 bridgehead atoms. The van der Waals surface area contributed by atoms with Crippen LogP contribution in [0.25, 0.3) is 0 Å². The molecule has 2 aliphatic rings. The quantitative estimate of drug-likeness (QED) is 0.904. The van der Waals surface area contributed by atoms with Crippen LogP contribution < -0.4 is 5.32 Å². The van der Waals surface area contributed by atoms with Gasteiger partial charge in [0.25, 0.3) is 0 Å². The summed E-state index contributed by atoms with van der Waals surface area (Å²) in [5.41, 5.74) is 0.344. The fraction of sp³-hybridized carbons (Fsp3) is 0.824. The molecule has 1 aromatic heterocycles. The highest BCUT2D eigenvalue weighted by atomic mass is 15.2. The minimum absolute atomic E-state index is 0.344. The molecular formula is C17H30N4. The number of hydrogen-bond acceptors (Lipinski definition) is 3. The number of nitrogens with zero attached hydrogens (tertiary/aromatic N) is 3. The first-order chi connectivity index (χ1) is 10.0. The molecule has 1 aliphatic heterocycles. The Morgan fingerprint density at radius 2 is 2.05 bits per heavy atom. The Labute approximate surface area is 128 Å². The van der Waals surface area contributed by atoms with Crippen LogP contribution in [-0.4, -0.2) is 46.2 Å². The molecule has 1 saturated carbocycles. The molecule has 3 rings (SSSR count). The molecule has 0 aromatic carbocycles. The molecule has 2 unspecified atom stereocenters. The zero-order valence-corrected chi connectivity index (χ0v) is 13.8. The van der Waals surface area contributed by atoms with Crippen molar-refractivity contribution >= 4 is 0 Å². The van der Waals surface area contributed by atoms with Gasteiger partial charge in [0.1, 0.15) is 0 Å². The monoisotopic (exact) mass is 290 g/mol. The highest BCUT2D eigenvalue weighted by Crippen LogP contribution is 2.37. The van der Waals surface area contributed by atoms with Gasteiger partial charge in [-0.15, -0.1) is 0 Å². The van der Waals surface area contributed by atoms with E-state index in [1.807, 2.05) is 12.5 Å². The van der Waals surface area contributed by atoms with E-state index in [1.165, 1.54) is 38.9 Å². The molecule has 0 radical (unpaired) electrons. The second-order valence-electron chi connectivity index (χ2n) is 7.88. The lowest BCUT2D eigenvalue weighted by Crippen LogP contribution is -2.61. The minimum Gasteiger partial charge on any atom is -0.337 e. The summed E-state index contributed by atoms with van der Waals surface area (Å²) >= 11 is 0. The summed E-state index contributed by atoms with van der Waals surface area (Å²) in [6.45, 7) is 11.7. The molecule has 2 heterocycles. The third-order valence-corrected chi connectivity index (χ3v) is 5.09. The molecule has 1 saturated heterocycles. The Hall–Kier alpha value is -0.870. The van der Waals surface area contributed by atoms with Gasteiger partial charge < -0.3 is 9.88 Å². The van der Waals surface area contributed by atoms with E-state index >= 15 is 0 Å². The largest absolute Gasteiger partial charge is 0.337 e. The number of aryl methyl sites for hydroxylation is 1. The van der Waals surface area contributed by atoms with Crippen LogP contribution in [0.4, 0.5) is 0 Å². The third-order valence-electron chi connectivity index (χ3n) is 5.09. The summed E-state index contributed by atoms with van der Waals surface area (Å²) in [6.07, 6.45) is 9.95. The minimum atomic E-state index is 0.344. The van der Waals surface area contributed by atoms with E-state index in [2.05, 4.69) is 46.7 Å². The van der Waals surface area contributed by atoms with Crippen LogP contribution in [-0.2, 0) is 6.54 Å². The van der Waals surface area contributed by atoms with Gasteiger partial charge in [0.05, 0.1) is 6.33 Å². The summed E-state index contributed by atoms with van der Waals surface area (Å²) in [4.78, 5) is 6.89. The van der Waals surface area contributed by atoms with Crippen LogP contribution in [0.15, 0.2) is 18.7 Å². The highest BCUT2D eigenvalue weighted by molar-refractivity contribution is 4.97. The summed E-state index contributed by atoms with van der Waals surface area (Å²) in [5.74, 6) is 0.951. The molecule has 1 aromatic rings. The van der Waals surface area contributed by atoms with Gasteiger partial charge in [-0.3, -0.25) is 4.90 Å². The number of rotatable bonds is 5. The summed E-state index contributed by atoms with van der Waals surface area (Å²) in [5, 5.41) is 3.81. The van der Waals surface area contributed by atoms with Gasteiger partial charge in [0.2, 0.25) is 0 Å². The number of nitrogens with one attached hydrogen (secondary N) is 1. The zero-order chi connectivity index (χ0) is 14.9. The summed E-state index contributed by atoms with van der Waals surface area (Å²) in [7, 11) is 0. The van der Waals surface area contributed by atoms with Crippen molar-refractivity contribution in [1.82, 2.24) is 19.8 Å². The molecule has 0 spiro atoms. The maximum atomic E-state index is 4.12. The van der Waals surface area contributed by atoms with Gasteiger partial charge in [-0.25, -0.2) is 4.98 Å². The van der Waals surface area contributed by atoms with Crippen molar-refractivity contribution < 1.29 is 0 Å². The molecule has 4 heteroatoms. The first-order valence-corrected chi connectivity index (χ1v) is 8.47. The van der Waals surface area contributed by atoms with Gasteiger partial charge >= 0.3 is 0 Å². The average Bonchev–Trinajstić information content (AvgIpc) is 3.15. The Morgan fingerprint density at radius 1 is 1.24 bits per heavy atom. The Bertz CT molecular complexity index is 430. The van der Waals surface area contributed by atoms with Crippen molar-refractivity contribution in [2.45, 2.75) is 58.7 Å². The van der Waals surface area contributed by atoms with E-state index in [0.29, 0.717) is 11.5 Å². The molecule has 1 aliphatic carbocycles. The van der Waals surface area contributed by atoms with Crippen LogP contribution in [0.5, 0.6) is 0 Å². The SMILES string of the molecule is CC(C)(C)C1CN(CCCn2ccnc2)C(C2CC2)CN1.